The molecule has 2 unspecified atom stereocenters. The third-order valence-electron chi connectivity index (χ3n) is 5.03. The number of ether oxygens (including phenoxy) is 1. The van der Waals surface area contributed by atoms with Crippen LogP contribution in [0.15, 0.2) is 0 Å². The molecular formula is C16H36O7Si2. The fourth-order valence-corrected chi connectivity index (χ4v) is 6.30. The average molecular weight is 397 g/mol. The molecule has 0 aromatic rings. The number of hydrogen-bond donors (Lipinski definition) is 0. The Balaban J connectivity index is 2.53. The van der Waals surface area contributed by atoms with Crippen molar-refractivity contribution in [3.63, 3.8) is 0 Å². The molecule has 150 valence electrons. The molecule has 1 rings (SSSR count). The molecule has 1 aliphatic rings. The Bertz CT molecular complexity index is 335. The predicted molar refractivity (Wildman–Crippen MR) is 99.2 cm³/mol. The van der Waals surface area contributed by atoms with Gasteiger partial charge in [0.05, 0.1) is 6.10 Å². The summed E-state index contributed by atoms with van der Waals surface area (Å²) >= 11 is 0. The molecular weight excluding hydrogens is 360 g/mol. The van der Waals surface area contributed by atoms with Crippen LogP contribution in [0, 0.1) is 5.92 Å². The largest absolute Gasteiger partial charge is 0.501 e. The van der Waals surface area contributed by atoms with E-state index in [4.69, 9.17) is 31.3 Å². The highest BCUT2D eigenvalue weighted by molar-refractivity contribution is 6.60. The zero-order chi connectivity index (χ0) is 18.8. The van der Waals surface area contributed by atoms with Gasteiger partial charge in [0, 0.05) is 53.1 Å². The van der Waals surface area contributed by atoms with Gasteiger partial charge < -0.3 is 31.3 Å². The first-order chi connectivity index (χ1) is 12.0. The highest BCUT2D eigenvalue weighted by atomic mass is 28.4. The Morgan fingerprint density at radius 3 is 1.80 bits per heavy atom. The second-order valence-corrected chi connectivity index (χ2v) is 12.6. The first-order valence-corrected chi connectivity index (χ1v) is 13.0. The smallest absolute Gasteiger partial charge is 0.377 e. The second-order valence-electron chi connectivity index (χ2n) is 6.21. The lowest BCUT2D eigenvalue weighted by atomic mass is 9.87. The monoisotopic (exact) mass is 396 g/mol. The second kappa shape index (κ2) is 11.8. The Morgan fingerprint density at radius 2 is 1.28 bits per heavy atom. The Hall–Kier alpha value is 0.154. The van der Waals surface area contributed by atoms with E-state index in [1.165, 1.54) is 6.42 Å². The molecule has 1 aliphatic carbocycles. The molecule has 0 saturated heterocycles. The van der Waals surface area contributed by atoms with Crippen LogP contribution in [0.1, 0.15) is 39.5 Å². The molecule has 0 aliphatic heterocycles. The molecule has 0 radical (unpaired) electrons. The van der Waals surface area contributed by atoms with Crippen molar-refractivity contribution < 1.29 is 31.3 Å². The normalized spacial score (nSPS) is 22.3. The standard InChI is InChI=1S/C16H36O7Si2/c1-7-24(17-3,18-4)22-13-15-11-9-10-12-16(15)21-14-23-25(8-2,19-5)20-6/h15-16H,7-14H2,1-6H3. The molecule has 0 aromatic heterocycles. The van der Waals surface area contributed by atoms with Gasteiger partial charge in [0.2, 0.25) is 0 Å². The van der Waals surface area contributed by atoms with Gasteiger partial charge in [0.1, 0.15) is 6.79 Å². The molecule has 1 saturated carbocycles. The van der Waals surface area contributed by atoms with E-state index in [-0.39, 0.29) is 12.9 Å². The summed E-state index contributed by atoms with van der Waals surface area (Å²) in [5.74, 6) is 0.323. The summed E-state index contributed by atoms with van der Waals surface area (Å²) in [5.41, 5.74) is 0. The minimum Gasteiger partial charge on any atom is -0.377 e. The Kier molecular flexibility index (Phi) is 10.9. The van der Waals surface area contributed by atoms with Crippen LogP contribution in [0.25, 0.3) is 0 Å². The van der Waals surface area contributed by atoms with E-state index in [9.17, 15) is 0 Å². The van der Waals surface area contributed by atoms with Crippen molar-refractivity contribution in [1.82, 2.24) is 0 Å². The first-order valence-electron chi connectivity index (χ1n) is 9.14. The topological polar surface area (TPSA) is 64.6 Å². The third-order valence-corrected chi connectivity index (χ3v) is 10.4. The van der Waals surface area contributed by atoms with E-state index in [1.54, 1.807) is 28.4 Å². The molecule has 25 heavy (non-hydrogen) atoms. The van der Waals surface area contributed by atoms with Crippen LogP contribution in [-0.2, 0) is 31.3 Å². The van der Waals surface area contributed by atoms with E-state index in [1.807, 2.05) is 13.8 Å². The van der Waals surface area contributed by atoms with Crippen LogP contribution >= 0.6 is 0 Å². The molecule has 0 aromatic carbocycles. The zero-order valence-electron chi connectivity index (χ0n) is 16.7. The predicted octanol–water partition coefficient (Wildman–Crippen LogP) is 3.06. The molecule has 0 heterocycles. The summed E-state index contributed by atoms with van der Waals surface area (Å²) in [6.07, 6.45) is 4.56. The van der Waals surface area contributed by atoms with Gasteiger partial charge in [-0.3, -0.25) is 0 Å². The van der Waals surface area contributed by atoms with Crippen LogP contribution < -0.4 is 0 Å². The molecule has 0 bridgehead atoms. The Morgan fingerprint density at radius 1 is 0.760 bits per heavy atom. The third kappa shape index (κ3) is 6.67. The maximum Gasteiger partial charge on any atom is 0.501 e. The van der Waals surface area contributed by atoms with Crippen LogP contribution in [0.3, 0.4) is 0 Å². The van der Waals surface area contributed by atoms with Gasteiger partial charge in [-0.05, 0) is 12.8 Å². The average Bonchev–Trinajstić information content (AvgIpc) is 2.68. The maximum absolute atomic E-state index is 6.09. The van der Waals surface area contributed by atoms with Crippen LogP contribution in [0.5, 0.6) is 0 Å². The van der Waals surface area contributed by atoms with Gasteiger partial charge in [-0.1, -0.05) is 26.7 Å². The van der Waals surface area contributed by atoms with E-state index in [2.05, 4.69) is 0 Å². The van der Waals surface area contributed by atoms with Crippen LogP contribution in [0.2, 0.25) is 12.1 Å². The maximum atomic E-state index is 6.09. The van der Waals surface area contributed by atoms with Crippen molar-refractivity contribution in [1.29, 1.82) is 0 Å². The Labute approximate surface area is 155 Å². The van der Waals surface area contributed by atoms with Crippen molar-refractivity contribution in [3.05, 3.63) is 0 Å². The van der Waals surface area contributed by atoms with Gasteiger partial charge in [0.15, 0.2) is 0 Å². The van der Waals surface area contributed by atoms with Gasteiger partial charge >= 0.3 is 17.6 Å². The summed E-state index contributed by atoms with van der Waals surface area (Å²) in [4.78, 5) is 0. The van der Waals surface area contributed by atoms with E-state index >= 15 is 0 Å². The van der Waals surface area contributed by atoms with Gasteiger partial charge in [0.25, 0.3) is 0 Å². The fraction of sp³-hybridized carbons (Fsp3) is 1.00. The lowest BCUT2D eigenvalue weighted by molar-refractivity contribution is -0.106. The van der Waals surface area contributed by atoms with Crippen molar-refractivity contribution in [2.45, 2.75) is 57.7 Å². The lowest BCUT2D eigenvalue weighted by Crippen LogP contribution is -2.46. The number of rotatable bonds is 13. The van der Waals surface area contributed by atoms with Crippen molar-refractivity contribution in [3.8, 4) is 0 Å². The minimum atomic E-state index is -2.58. The summed E-state index contributed by atoms with van der Waals surface area (Å²) in [7, 11) is 1.46. The summed E-state index contributed by atoms with van der Waals surface area (Å²) < 4.78 is 39.9. The van der Waals surface area contributed by atoms with E-state index in [0.717, 1.165) is 25.3 Å². The van der Waals surface area contributed by atoms with Gasteiger partial charge in [-0.25, -0.2) is 0 Å². The number of hydrogen-bond acceptors (Lipinski definition) is 7. The van der Waals surface area contributed by atoms with Crippen molar-refractivity contribution in [2.75, 3.05) is 41.8 Å². The van der Waals surface area contributed by atoms with E-state index < -0.39 is 17.6 Å². The molecule has 1 fully saturated rings. The highest BCUT2D eigenvalue weighted by Gasteiger charge is 2.40. The fourth-order valence-electron chi connectivity index (χ4n) is 3.21. The zero-order valence-corrected chi connectivity index (χ0v) is 18.7. The summed E-state index contributed by atoms with van der Waals surface area (Å²) in [5, 5.41) is 0. The minimum absolute atomic E-state index is 0.114. The summed E-state index contributed by atoms with van der Waals surface area (Å²) in [6, 6.07) is 1.47. The van der Waals surface area contributed by atoms with Crippen molar-refractivity contribution in [2.24, 2.45) is 5.92 Å². The first kappa shape index (κ1) is 23.2. The highest BCUT2D eigenvalue weighted by Crippen LogP contribution is 2.29. The molecule has 0 amide bonds. The van der Waals surface area contributed by atoms with Crippen LogP contribution in [-0.4, -0.2) is 65.6 Å². The molecule has 7 nitrogen and oxygen atoms in total. The van der Waals surface area contributed by atoms with Gasteiger partial charge in [-0.2, -0.15) is 0 Å². The quantitative estimate of drug-likeness (QED) is 0.350. The van der Waals surface area contributed by atoms with Crippen molar-refractivity contribution >= 4 is 17.6 Å². The molecule has 0 N–H and O–H groups in total. The summed E-state index contributed by atoms with van der Waals surface area (Å²) in [6.45, 7) is 4.82. The molecule has 0 spiro atoms. The molecule has 2 atom stereocenters. The lowest BCUT2D eigenvalue weighted by Gasteiger charge is -2.35. The molecule has 9 heteroatoms. The van der Waals surface area contributed by atoms with Crippen LogP contribution in [0.4, 0.5) is 0 Å². The van der Waals surface area contributed by atoms with Gasteiger partial charge in [-0.15, -0.1) is 0 Å². The SMILES string of the molecule is CC[Si](OC)(OC)OCOC1CCCCC1CO[Si](CC)(OC)OC. The van der Waals surface area contributed by atoms with E-state index in [0.29, 0.717) is 18.6 Å².